The monoisotopic (exact) mass is 561 g/mol. The number of hydrogen-bond acceptors (Lipinski definition) is 5. The first-order chi connectivity index (χ1) is 15.4. The predicted octanol–water partition coefficient (Wildman–Crippen LogP) is 4.26. The lowest BCUT2D eigenvalue weighted by Gasteiger charge is -2.28. The summed E-state index contributed by atoms with van der Waals surface area (Å²) in [6.45, 7) is 1.65. The number of halogens is 2. The predicted molar refractivity (Wildman–Crippen MR) is 125 cm³/mol. The normalized spacial score (nSPS) is 30.5. The number of ether oxygens (including phenoxy) is 2. The zero-order valence-corrected chi connectivity index (χ0v) is 20.4. The summed E-state index contributed by atoms with van der Waals surface area (Å²) in [6.07, 6.45) is 0.880. The largest absolute Gasteiger partial charge is 0.482 e. The maximum absolute atomic E-state index is 13.2. The van der Waals surface area contributed by atoms with E-state index >= 15 is 0 Å². The summed E-state index contributed by atoms with van der Waals surface area (Å²) in [4.78, 5) is 40.3. The van der Waals surface area contributed by atoms with E-state index in [1.165, 1.54) is 4.90 Å². The topological polar surface area (TPSA) is 72.9 Å². The Labute approximate surface area is 202 Å². The second-order valence-electron chi connectivity index (χ2n) is 8.54. The van der Waals surface area contributed by atoms with Gasteiger partial charge < -0.3 is 9.47 Å². The molecule has 1 saturated heterocycles. The minimum Gasteiger partial charge on any atom is -0.482 e. The second-order valence-corrected chi connectivity index (χ2v) is 10.7. The molecule has 166 valence electrons. The number of para-hydroxylation sites is 1. The fraction of sp³-hybridized carbons (Fsp3) is 0.375. The summed E-state index contributed by atoms with van der Waals surface area (Å²) < 4.78 is 10.9. The molecule has 6 atom stereocenters. The van der Waals surface area contributed by atoms with Crippen LogP contribution in [0.2, 0.25) is 0 Å². The molecular formula is C24H21Br2NO5. The van der Waals surface area contributed by atoms with Gasteiger partial charge >= 0.3 is 5.97 Å². The van der Waals surface area contributed by atoms with Crippen LogP contribution < -0.4 is 14.4 Å². The van der Waals surface area contributed by atoms with Crippen molar-refractivity contribution >= 4 is 55.3 Å². The van der Waals surface area contributed by atoms with E-state index in [-0.39, 0.29) is 57.5 Å². The molecule has 3 aliphatic rings. The molecule has 2 aromatic rings. The molecule has 2 aliphatic carbocycles. The van der Waals surface area contributed by atoms with Crippen LogP contribution in [0.3, 0.4) is 0 Å². The van der Waals surface area contributed by atoms with Crippen LogP contribution in [0.15, 0.2) is 48.5 Å². The van der Waals surface area contributed by atoms with E-state index < -0.39 is 5.97 Å². The molecule has 5 rings (SSSR count). The van der Waals surface area contributed by atoms with Gasteiger partial charge in [-0.05, 0) is 48.9 Å². The SMILES string of the molecule is Cc1ccccc1OCC(=O)Oc1cccc(N2C(=O)[C@@H]3[C@H]4C[C@@H]([C@H](Br)[C@H]4Br)[C@H]3C2=O)c1. The fourth-order valence-electron chi connectivity index (χ4n) is 5.31. The molecule has 8 heteroatoms. The maximum atomic E-state index is 13.2. The second kappa shape index (κ2) is 8.30. The van der Waals surface area contributed by atoms with Gasteiger partial charge in [0.25, 0.3) is 0 Å². The lowest BCUT2D eigenvalue weighted by Crippen LogP contribution is -2.37. The number of fused-ring (bicyclic) bond motifs is 5. The molecule has 0 aromatic heterocycles. The summed E-state index contributed by atoms with van der Waals surface area (Å²) in [6, 6.07) is 13.9. The molecule has 2 bridgehead atoms. The molecule has 6 nitrogen and oxygen atoms in total. The maximum Gasteiger partial charge on any atom is 0.349 e. The molecule has 2 saturated carbocycles. The number of aryl methyl sites for hydroxylation is 1. The van der Waals surface area contributed by atoms with Gasteiger partial charge in [0.1, 0.15) is 11.5 Å². The molecular weight excluding hydrogens is 542 g/mol. The summed E-state index contributed by atoms with van der Waals surface area (Å²) in [5, 5.41) is 0. The Bertz CT molecular complexity index is 1070. The summed E-state index contributed by atoms with van der Waals surface area (Å²) >= 11 is 7.39. The van der Waals surface area contributed by atoms with Crippen molar-refractivity contribution < 1.29 is 23.9 Å². The zero-order chi connectivity index (χ0) is 22.6. The lowest BCUT2D eigenvalue weighted by atomic mass is 9.81. The minimum absolute atomic E-state index is 0.149. The third-order valence-corrected chi connectivity index (χ3v) is 9.94. The number of alkyl halides is 2. The zero-order valence-electron chi connectivity index (χ0n) is 17.2. The highest BCUT2D eigenvalue weighted by Gasteiger charge is 2.66. The highest BCUT2D eigenvalue weighted by Crippen LogP contribution is 2.60. The Kier molecular flexibility index (Phi) is 5.61. The van der Waals surface area contributed by atoms with E-state index in [4.69, 9.17) is 9.47 Å². The van der Waals surface area contributed by atoms with Gasteiger partial charge in [0, 0.05) is 15.7 Å². The van der Waals surface area contributed by atoms with Crippen LogP contribution in [0.5, 0.6) is 11.5 Å². The number of esters is 1. The Balaban J connectivity index is 1.29. The fourth-order valence-corrected chi connectivity index (χ4v) is 7.18. The number of hydrogen-bond donors (Lipinski definition) is 0. The van der Waals surface area contributed by atoms with Crippen molar-refractivity contribution in [2.45, 2.75) is 23.0 Å². The van der Waals surface area contributed by atoms with E-state index in [0.29, 0.717) is 11.4 Å². The summed E-state index contributed by atoms with van der Waals surface area (Å²) in [5.41, 5.74) is 1.35. The van der Waals surface area contributed by atoms with Crippen molar-refractivity contribution in [3.8, 4) is 11.5 Å². The number of carbonyl (C=O) groups excluding carboxylic acids is 3. The van der Waals surface area contributed by atoms with Crippen molar-refractivity contribution in [2.75, 3.05) is 11.5 Å². The number of imide groups is 1. The van der Waals surface area contributed by atoms with Crippen LogP contribution >= 0.6 is 31.9 Å². The van der Waals surface area contributed by atoms with Gasteiger partial charge in [-0.1, -0.05) is 56.1 Å². The van der Waals surface area contributed by atoms with Crippen LogP contribution in [-0.2, 0) is 14.4 Å². The van der Waals surface area contributed by atoms with Gasteiger partial charge in [0.05, 0.1) is 17.5 Å². The molecule has 1 heterocycles. The van der Waals surface area contributed by atoms with Crippen LogP contribution in [0.4, 0.5) is 5.69 Å². The van der Waals surface area contributed by atoms with Crippen LogP contribution in [0.1, 0.15) is 12.0 Å². The molecule has 2 aromatic carbocycles. The van der Waals surface area contributed by atoms with E-state index in [2.05, 4.69) is 31.9 Å². The molecule has 0 radical (unpaired) electrons. The van der Waals surface area contributed by atoms with Crippen molar-refractivity contribution in [1.29, 1.82) is 0 Å². The number of nitrogens with zero attached hydrogens (tertiary/aromatic N) is 1. The number of rotatable bonds is 5. The van der Waals surface area contributed by atoms with Crippen molar-refractivity contribution in [3.63, 3.8) is 0 Å². The van der Waals surface area contributed by atoms with Gasteiger partial charge in [-0.15, -0.1) is 0 Å². The third-order valence-electron chi connectivity index (χ3n) is 6.73. The lowest BCUT2D eigenvalue weighted by molar-refractivity contribution is -0.136. The first kappa shape index (κ1) is 21.6. The van der Waals surface area contributed by atoms with Crippen molar-refractivity contribution in [2.24, 2.45) is 23.7 Å². The van der Waals surface area contributed by atoms with Gasteiger partial charge in [-0.25, -0.2) is 9.69 Å². The van der Waals surface area contributed by atoms with E-state index in [0.717, 1.165) is 12.0 Å². The Morgan fingerprint density at radius 2 is 1.66 bits per heavy atom. The summed E-state index contributed by atoms with van der Waals surface area (Å²) in [5.74, 6) is -0.306. The number of benzene rings is 2. The van der Waals surface area contributed by atoms with Gasteiger partial charge in [-0.3, -0.25) is 9.59 Å². The van der Waals surface area contributed by atoms with Crippen LogP contribution in [-0.4, -0.2) is 34.0 Å². The van der Waals surface area contributed by atoms with Crippen LogP contribution in [0.25, 0.3) is 0 Å². The van der Waals surface area contributed by atoms with Crippen LogP contribution in [0, 0.1) is 30.6 Å². The molecule has 1 aliphatic heterocycles. The first-order valence-corrected chi connectivity index (χ1v) is 12.3. The van der Waals surface area contributed by atoms with E-state index in [9.17, 15) is 14.4 Å². The van der Waals surface area contributed by atoms with Gasteiger partial charge in [0.15, 0.2) is 6.61 Å². The van der Waals surface area contributed by atoms with Crippen molar-refractivity contribution in [1.82, 2.24) is 0 Å². The van der Waals surface area contributed by atoms with E-state index in [1.54, 1.807) is 30.3 Å². The highest BCUT2D eigenvalue weighted by atomic mass is 79.9. The van der Waals surface area contributed by atoms with Gasteiger partial charge in [-0.2, -0.15) is 0 Å². The quantitative estimate of drug-likeness (QED) is 0.236. The Hall–Kier alpha value is -2.19. The number of amides is 2. The van der Waals surface area contributed by atoms with Gasteiger partial charge in [0.2, 0.25) is 11.8 Å². The van der Waals surface area contributed by atoms with Crippen molar-refractivity contribution in [3.05, 3.63) is 54.1 Å². The summed E-state index contributed by atoms with van der Waals surface area (Å²) in [7, 11) is 0. The third kappa shape index (κ3) is 3.48. The molecule has 0 unspecified atom stereocenters. The number of anilines is 1. The molecule has 0 spiro atoms. The Morgan fingerprint density at radius 1 is 1.00 bits per heavy atom. The Morgan fingerprint density at radius 3 is 2.31 bits per heavy atom. The minimum atomic E-state index is -0.566. The first-order valence-electron chi connectivity index (χ1n) is 10.5. The standard InChI is InChI=1S/C24H21Br2NO5/c1-12-5-2-3-8-17(12)31-11-18(28)32-14-7-4-6-13(9-14)27-23(29)19-15-10-16(20(19)24(27)30)22(26)21(15)25/h2-9,15-16,19-22H,10-11H2,1H3/t15-,16-,19-,20-,21+,22+/m1/s1. The molecule has 2 amide bonds. The average Bonchev–Trinajstić information content (AvgIpc) is 3.38. The molecule has 32 heavy (non-hydrogen) atoms. The average molecular weight is 563 g/mol. The van der Waals surface area contributed by atoms with E-state index in [1.807, 2.05) is 25.1 Å². The smallest absolute Gasteiger partial charge is 0.349 e. The number of carbonyl (C=O) groups is 3. The highest BCUT2D eigenvalue weighted by molar-refractivity contribution is 9.12. The molecule has 3 fully saturated rings. The molecule has 0 N–H and O–H groups in total.